The molecule has 0 N–H and O–H groups in total. The predicted octanol–water partition coefficient (Wildman–Crippen LogP) is 5.87. The average molecular weight is 386 g/mol. The lowest BCUT2D eigenvalue weighted by Crippen LogP contribution is -2.15. The first-order chi connectivity index (χ1) is 11.5. The molecule has 3 nitrogen and oxygen atoms in total. The highest BCUT2D eigenvalue weighted by Gasteiger charge is 2.30. The highest BCUT2D eigenvalue weighted by Crippen LogP contribution is 2.37. The number of benzene rings is 1. The third-order valence-corrected chi connectivity index (χ3v) is 6.67. The van der Waals surface area contributed by atoms with Gasteiger partial charge < -0.3 is 0 Å². The highest BCUT2D eigenvalue weighted by atomic mass is 35.5. The number of sulfone groups is 1. The summed E-state index contributed by atoms with van der Waals surface area (Å²) < 4.78 is 26.2. The van der Waals surface area contributed by atoms with Gasteiger partial charge in [-0.15, -0.1) is 0 Å². The summed E-state index contributed by atoms with van der Waals surface area (Å²) in [6.07, 6.45) is 7.49. The summed E-state index contributed by atoms with van der Waals surface area (Å²) in [7, 11) is -3.57. The second kappa shape index (κ2) is 8.84. The Labute approximate surface area is 153 Å². The van der Waals surface area contributed by atoms with E-state index < -0.39 is 15.1 Å². The Bertz CT molecular complexity index is 764. The van der Waals surface area contributed by atoms with Crippen LogP contribution in [0.25, 0.3) is 0 Å². The second-order valence-corrected chi connectivity index (χ2v) is 8.71. The largest absolute Gasteiger partial charge is 0.263 e. The summed E-state index contributed by atoms with van der Waals surface area (Å²) in [5, 5.41) is 0.186. The van der Waals surface area contributed by atoms with Crippen LogP contribution in [0.2, 0.25) is 10.0 Å². The molecule has 0 fully saturated rings. The number of hydrogen-bond acceptors (Lipinski definition) is 3. The molecule has 2 aromatic rings. The van der Waals surface area contributed by atoms with Crippen LogP contribution in [0.5, 0.6) is 0 Å². The molecule has 1 aromatic carbocycles. The van der Waals surface area contributed by atoms with Crippen molar-refractivity contribution in [3.63, 3.8) is 0 Å². The molecule has 1 aromatic heterocycles. The summed E-state index contributed by atoms with van der Waals surface area (Å²) in [6.45, 7) is 2.12. The minimum absolute atomic E-state index is 0.219. The van der Waals surface area contributed by atoms with Crippen molar-refractivity contribution in [2.75, 3.05) is 0 Å². The Kier molecular flexibility index (Phi) is 7.08. The number of aromatic nitrogens is 1. The van der Waals surface area contributed by atoms with Crippen molar-refractivity contribution in [1.82, 2.24) is 4.98 Å². The smallest absolute Gasteiger partial charge is 0.186 e. The number of pyridine rings is 1. The molecule has 0 saturated heterocycles. The zero-order chi connectivity index (χ0) is 17.6. The normalized spacial score (nSPS) is 13.0. The SMILES string of the molecule is CCCCCCC(c1ccc(Cl)cc1Cl)S(=O)(=O)c1cccnc1. The van der Waals surface area contributed by atoms with Gasteiger partial charge in [0.25, 0.3) is 0 Å². The molecule has 0 saturated carbocycles. The molecule has 0 amide bonds. The second-order valence-electron chi connectivity index (χ2n) is 5.74. The summed E-state index contributed by atoms with van der Waals surface area (Å²) >= 11 is 12.2. The van der Waals surface area contributed by atoms with E-state index in [0.29, 0.717) is 22.0 Å². The Morgan fingerprint density at radius 1 is 1.12 bits per heavy atom. The van der Waals surface area contributed by atoms with Crippen LogP contribution in [0.1, 0.15) is 49.8 Å². The van der Waals surface area contributed by atoms with Gasteiger partial charge in [0.2, 0.25) is 0 Å². The number of unbranched alkanes of at least 4 members (excludes halogenated alkanes) is 3. The van der Waals surface area contributed by atoms with Crippen molar-refractivity contribution in [3.8, 4) is 0 Å². The maximum atomic E-state index is 13.1. The van der Waals surface area contributed by atoms with Gasteiger partial charge >= 0.3 is 0 Å². The zero-order valence-corrected chi connectivity index (χ0v) is 15.9. The van der Waals surface area contributed by atoms with Crippen molar-refractivity contribution in [2.24, 2.45) is 0 Å². The fourth-order valence-corrected chi connectivity index (χ4v) is 5.10. The molecule has 0 spiro atoms. The number of halogens is 2. The fraction of sp³-hybridized carbons (Fsp3) is 0.389. The van der Waals surface area contributed by atoms with Gasteiger partial charge in [-0.25, -0.2) is 8.42 Å². The van der Waals surface area contributed by atoms with E-state index in [-0.39, 0.29) is 4.90 Å². The maximum absolute atomic E-state index is 13.1. The van der Waals surface area contributed by atoms with Crippen LogP contribution in [-0.2, 0) is 9.84 Å². The molecule has 1 atom stereocenters. The van der Waals surface area contributed by atoms with E-state index in [4.69, 9.17) is 23.2 Å². The first-order valence-electron chi connectivity index (χ1n) is 8.05. The highest BCUT2D eigenvalue weighted by molar-refractivity contribution is 7.91. The third-order valence-electron chi connectivity index (χ3n) is 3.97. The molecule has 0 aliphatic heterocycles. The Balaban J connectivity index is 2.39. The molecule has 24 heavy (non-hydrogen) atoms. The quantitative estimate of drug-likeness (QED) is 0.533. The van der Waals surface area contributed by atoms with E-state index in [1.165, 1.54) is 6.20 Å². The lowest BCUT2D eigenvalue weighted by Gasteiger charge is -2.19. The van der Waals surface area contributed by atoms with E-state index in [1.54, 1.807) is 36.5 Å². The van der Waals surface area contributed by atoms with Crippen molar-refractivity contribution >= 4 is 33.0 Å². The van der Waals surface area contributed by atoms with Crippen LogP contribution in [0, 0.1) is 0 Å². The molecule has 130 valence electrons. The molecule has 0 bridgehead atoms. The van der Waals surface area contributed by atoms with Crippen LogP contribution in [0.4, 0.5) is 0 Å². The van der Waals surface area contributed by atoms with Gasteiger partial charge in [0.05, 0.1) is 10.1 Å². The summed E-state index contributed by atoms with van der Waals surface area (Å²) in [5.41, 5.74) is 0.599. The minimum Gasteiger partial charge on any atom is -0.263 e. The van der Waals surface area contributed by atoms with Gasteiger partial charge in [-0.1, -0.05) is 61.9 Å². The first kappa shape index (κ1) is 19.2. The van der Waals surface area contributed by atoms with Gasteiger partial charge in [0, 0.05) is 22.4 Å². The van der Waals surface area contributed by atoms with Crippen LogP contribution in [0.15, 0.2) is 47.6 Å². The summed E-state index contributed by atoms with van der Waals surface area (Å²) in [4.78, 5) is 4.16. The van der Waals surface area contributed by atoms with Crippen molar-refractivity contribution in [3.05, 3.63) is 58.3 Å². The standard InChI is InChI=1S/C18H21Cl2NO2S/c1-2-3-4-5-8-18(16-10-9-14(19)12-17(16)20)24(22,23)15-7-6-11-21-13-15/h6-7,9-13,18H,2-5,8H2,1H3. The minimum atomic E-state index is -3.57. The van der Waals surface area contributed by atoms with Crippen LogP contribution in [-0.4, -0.2) is 13.4 Å². The van der Waals surface area contributed by atoms with Crippen molar-refractivity contribution in [2.45, 2.75) is 49.2 Å². The lowest BCUT2D eigenvalue weighted by molar-refractivity contribution is 0.559. The molecule has 1 heterocycles. The van der Waals surface area contributed by atoms with Crippen LogP contribution >= 0.6 is 23.2 Å². The van der Waals surface area contributed by atoms with Crippen molar-refractivity contribution in [1.29, 1.82) is 0 Å². The van der Waals surface area contributed by atoms with Gasteiger partial charge in [-0.05, 0) is 36.2 Å². The van der Waals surface area contributed by atoms with Crippen LogP contribution in [0.3, 0.4) is 0 Å². The van der Waals surface area contributed by atoms with Gasteiger partial charge in [-0.2, -0.15) is 0 Å². The molecular weight excluding hydrogens is 365 g/mol. The lowest BCUT2D eigenvalue weighted by atomic mass is 10.0. The predicted molar refractivity (Wildman–Crippen MR) is 99.4 cm³/mol. The first-order valence-corrected chi connectivity index (χ1v) is 10.4. The van der Waals surface area contributed by atoms with Gasteiger partial charge in [0.15, 0.2) is 9.84 Å². The Hall–Kier alpha value is -1.10. The molecule has 0 aliphatic carbocycles. The maximum Gasteiger partial charge on any atom is 0.186 e. The van der Waals surface area contributed by atoms with Crippen LogP contribution < -0.4 is 0 Å². The van der Waals surface area contributed by atoms with E-state index in [1.807, 2.05) is 0 Å². The zero-order valence-electron chi connectivity index (χ0n) is 13.6. The molecule has 1 unspecified atom stereocenters. The monoisotopic (exact) mass is 385 g/mol. The summed E-state index contributed by atoms with van der Waals surface area (Å²) in [5.74, 6) is 0. The topological polar surface area (TPSA) is 47.0 Å². The number of hydrogen-bond donors (Lipinski definition) is 0. The van der Waals surface area contributed by atoms with E-state index in [0.717, 1.165) is 25.7 Å². The van der Waals surface area contributed by atoms with E-state index >= 15 is 0 Å². The Morgan fingerprint density at radius 2 is 1.92 bits per heavy atom. The van der Waals surface area contributed by atoms with Crippen molar-refractivity contribution < 1.29 is 8.42 Å². The van der Waals surface area contributed by atoms with E-state index in [9.17, 15) is 8.42 Å². The molecule has 2 rings (SSSR count). The molecule has 0 radical (unpaired) electrons. The molecular formula is C18H21Cl2NO2S. The van der Waals surface area contributed by atoms with Gasteiger partial charge in [-0.3, -0.25) is 4.98 Å². The number of rotatable bonds is 8. The Morgan fingerprint density at radius 3 is 2.54 bits per heavy atom. The number of nitrogens with zero attached hydrogens (tertiary/aromatic N) is 1. The van der Waals surface area contributed by atoms with E-state index in [2.05, 4.69) is 11.9 Å². The molecule has 0 aliphatic rings. The average Bonchev–Trinajstić information content (AvgIpc) is 2.56. The fourth-order valence-electron chi connectivity index (χ4n) is 2.68. The van der Waals surface area contributed by atoms with Gasteiger partial charge in [0.1, 0.15) is 0 Å². The summed E-state index contributed by atoms with van der Waals surface area (Å²) in [6, 6.07) is 8.19. The molecule has 6 heteroatoms. The third kappa shape index (κ3) is 4.71.